The number of halogens is 3. The van der Waals surface area contributed by atoms with Crippen LogP contribution in [-0.4, -0.2) is 5.11 Å². The van der Waals surface area contributed by atoms with Gasteiger partial charge in [-0.05, 0) is 39.7 Å². The fraction of sp³-hybridized carbons (Fsp3) is 0.0909. The zero-order valence-electron chi connectivity index (χ0n) is 7.95. The third-order valence-electron chi connectivity index (χ3n) is 2.12. The summed E-state index contributed by atoms with van der Waals surface area (Å²) in [5, 5.41) is 13.0. The molecule has 0 aliphatic carbocycles. The maximum Gasteiger partial charge on any atom is 0.113 e. The number of hydrogen-bond acceptors (Lipinski definition) is 2. The van der Waals surface area contributed by atoms with E-state index in [4.69, 9.17) is 23.2 Å². The van der Waals surface area contributed by atoms with Crippen molar-refractivity contribution in [3.05, 3.63) is 54.6 Å². The molecule has 0 radical (unpaired) electrons. The molecular formula is C11H7BrCl2OS. The minimum absolute atomic E-state index is 0.453. The number of benzene rings is 1. The number of hydrogen-bond donors (Lipinski definition) is 1. The van der Waals surface area contributed by atoms with Gasteiger partial charge in [0, 0.05) is 14.7 Å². The molecule has 1 unspecified atom stereocenters. The molecule has 0 saturated carbocycles. The fourth-order valence-electron chi connectivity index (χ4n) is 1.32. The maximum atomic E-state index is 10.1. The highest BCUT2D eigenvalue weighted by Crippen LogP contribution is 2.32. The molecule has 0 fully saturated rings. The van der Waals surface area contributed by atoms with Crippen LogP contribution in [0.25, 0.3) is 0 Å². The molecule has 0 aliphatic rings. The van der Waals surface area contributed by atoms with E-state index in [9.17, 15) is 5.11 Å². The first-order valence-corrected chi connectivity index (χ1v) is 6.87. The molecule has 0 bridgehead atoms. The molecule has 0 saturated heterocycles. The van der Waals surface area contributed by atoms with Gasteiger partial charge in [0.1, 0.15) is 6.10 Å². The predicted octanol–water partition coefficient (Wildman–Crippen LogP) is 4.90. The Bertz CT molecular complexity index is 512. The lowest BCUT2D eigenvalue weighted by atomic mass is 10.1. The Morgan fingerprint density at radius 2 is 1.94 bits per heavy atom. The van der Waals surface area contributed by atoms with Crippen LogP contribution in [0, 0.1) is 0 Å². The molecule has 16 heavy (non-hydrogen) atoms. The molecule has 0 aliphatic heterocycles. The molecule has 0 spiro atoms. The first kappa shape index (κ1) is 12.4. The second-order valence-corrected chi connectivity index (χ2v) is 5.92. The normalized spacial score (nSPS) is 12.8. The van der Waals surface area contributed by atoms with Gasteiger partial charge in [0.2, 0.25) is 0 Å². The largest absolute Gasteiger partial charge is 0.383 e. The summed E-state index contributed by atoms with van der Waals surface area (Å²) in [5.41, 5.74) is 0.740. The topological polar surface area (TPSA) is 20.2 Å². The predicted molar refractivity (Wildman–Crippen MR) is 72.5 cm³/mol. The van der Waals surface area contributed by atoms with Gasteiger partial charge < -0.3 is 5.11 Å². The van der Waals surface area contributed by atoms with Crippen LogP contribution in [0.3, 0.4) is 0 Å². The summed E-state index contributed by atoms with van der Waals surface area (Å²) in [5.74, 6) is 0. The van der Waals surface area contributed by atoms with Gasteiger partial charge in [-0.1, -0.05) is 29.3 Å². The van der Waals surface area contributed by atoms with E-state index in [0.717, 1.165) is 14.9 Å². The zero-order chi connectivity index (χ0) is 11.7. The van der Waals surface area contributed by atoms with Crippen molar-refractivity contribution >= 4 is 50.5 Å². The lowest BCUT2D eigenvalue weighted by Crippen LogP contribution is -1.96. The van der Waals surface area contributed by atoms with Gasteiger partial charge in [-0.15, -0.1) is 11.3 Å². The van der Waals surface area contributed by atoms with Crippen LogP contribution < -0.4 is 0 Å². The molecule has 1 heterocycles. The molecule has 2 aromatic rings. The van der Waals surface area contributed by atoms with Crippen LogP contribution in [0.1, 0.15) is 16.5 Å². The minimum Gasteiger partial charge on any atom is -0.383 e. The molecule has 5 heteroatoms. The van der Waals surface area contributed by atoms with Crippen molar-refractivity contribution in [3.8, 4) is 0 Å². The van der Waals surface area contributed by atoms with E-state index in [-0.39, 0.29) is 0 Å². The van der Waals surface area contributed by atoms with Crippen LogP contribution in [0.5, 0.6) is 0 Å². The van der Waals surface area contributed by atoms with E-state index >= 15 is 0 Å². The van der Waals surface area contributed by atoms with Gasteiger partial charge in [-0.3, -0.25) is 0 Å². The molecular weight excluding hydrogens is 331 g/mol. The Labute approximate surface area is 116 Å². The van der Waals surface area contributed by atoms with Crippen LogP contribution >= 0.6 is 50.5 Å². The van der Waals surface area contributed by atoms with Crippen LogP contribution in [0.15, 0.2) is 34.1 Å². The van der Waals surface area contributed by atoms with E-state index in [0.29, 0.717) is 10.0 Å². The lowest BCUT2D eigenvalue weighted by molar-refractivity contribution is 0.224. The third kappa shape index (κ3) is 2.60. The first-order valence-electron chi connectivity index (χ1n) is 4.45. The monoisotopic (exact) mass is 336 g/mol. The Kier molecular flexibility index (Phi) is 3.93. The molecule has 1 atom stereocenters. The summed E-state index contributed by atoms with van der Waals surface area (Å²) in [6, 6.07) is 7.03. The summed E-state index contributed by atoms with van der Waals surface area (Å²) in [6.45, 7) is 0. The number of thiophene rings is 1. The maximum absolute atomic E-state index is 10.1. The van der Waals surface area contributed by atoms with Gasteiger partial charge >= 0.3 is 0 Å². The van der Waals surface area contributed by atoms with Crippen LogP contribution in [-0.2, 0) is 0 Å². The summed E-state index contributed by atoms with van der Waals surface area (Å²) in [6.07, 6.45) is -0.661. The second kappa shape index (κ2) is 5.07. The molecule has 84 valence electrons. The summed E-state index contributed by atoms with van der Waals surface area (Å²) in [4.78, 5) is 0.866. The number of aliphatic hydroxyl groups excluding tert-OH is 1. The van der Waals surface area contributed by atoms with Crippen molar-refractivity contribution < 1.29 is 5.11 Å². The molecule has 0 amide bonds. The highest BCUT2D eigenvalue weighted by atomic mass is 79.9. The van der Waals surface area contributed by atoms with Crippen molar-refractivity contribution in [2.45, 2.75) is 6.10 Å². The van der Waals surface area contributed by atoms with E-state index < -0.39 is 6.10 Å². The molecule has 1 aromatic heterocycles. The Balaban J connectivity index is 2.33. The molecule has 1 N–H and O–H groups in total. The average molecular weight is 338 g/mol. The van der Waals surface area contributed by atoms with E-state index in [1.807, 2.05) is 11.4 Å². The van der Waals surface area contributed by atoms with Crippen molar-refractivity contribution in [2.75, 3.05) is 0 Å². The summed E-state index contributed by atoms with van der Waals surface area (Å²) in [7, 11) is 0. The smallest absolute Gasteiger partial charge is 0.113 e. The first-order chi connectivity index (χ1) is 7.58. The van der Waals surface area contributed by atoms with Gasteiger partial charge in [-0.25, -0.2) is 0 Å². The van der Waals surface area contributed by atoms with E-state index in [2.05, 4.69) is 15.9 Å². The molecule has 2 rings (SSSR count). The van der Waals surface area contributed by atoms with Gasteiger partial charge in [0.15, 0.2) is 0 Å². The highest BCUT2D eigenvalue weighted by Gasteiger charge is 2.13. The summed E-state index contributed by atoms with van der Waals surface area (Å²) >= 11 is 16.6. The Morgan fingerprint density at radius 1 is 1.19 bits per heavy atom. The Morgan fingerprint density at radius 3 is 2.50 bits per heavy atom. The van der Waals surface area contributed by atoms with E-state index in [1.54, 1.807) is 18.2 Å². The zero-order valence-corrected chi connectivity index (χ0v) is 11.9. The van der Waals surface area contributed by atoms with E-state index in [1.165, 1.54) is 11.3 Å². The highest BCUT2D eigenvalue weighted by molar-refractivity contribution is 9.10. The van der Waals surface area contributed by atoms with Gasteiger partial charge in [0.05, 0.1) is 10.0 Å². The van der Waals surface area contributed by atoms with Crippen LogP contribution in [0.2, 0.25) is 10.0 Å². The van der Waals surface area contributed by atoms with Gasteiger partial charge in [0.25, 0.3) is 0 Å². The van der Waals surface area contributed by atoms with Crippen molar-refractivity contribution in [3.63, 3.8) is 0 Å². The quantitative estimate of drug-likeness (QED) is 0.826. The van der Waals surface area contributed by atoms with Gasteiger partial charge in [-0.2, -0.15) is 0 Å². The van der Waals surface area contributed by atoms with Crippen LogP contribution in [0.4, 0.5) is 0 Å². The number of aliphatic hydroxyl groups is 1. The van der Waals surface area contributed by atoms with Crippen molar-refractivity contribution in [1.29, 1.82) is 0 Å². The second-order valence-electron chi connectivity index (χ2n) is 3.24. The van der Waals surface area contributed by atoms with Crippen molar-refractivity contribution in [1.82, 2.24) is 0 Å². The average Bonchev–Trinajstić information content (AvgIpc) is 2.68. The Hall–Kier alpha value is -0.0600. The molecule has 1 nitrogen and oxygen atoms in total. The summed E-state index contributed by atoms with van der Waals surface area (Å²) < 4.78 is 0.964. The van der Waals surface area contributed by atoms with Crippen molar-refractivity contribution in [2.24, 2.45) is 0 Å². The fourth-order valence-corrected chi connectivity index (χ4v) is 3.08. The minimum atomic E-state index is -0.661. The number of rotatable bonds is 2. The SMILES string of the molecule is OC(c1ccc(Cl)c(Cl)c1)c1cc(Br)cs1. The molecule has 1 aromatic carbocycles. The lowest BCUT2D eigenvalue weighted by Gasteiger charge is -2.09. The standard InChI is InChI=1S/C11H7BrCl2OS/c12-7-4-10(16-5-7)11(15)6-1-2-8(13)9(14)3-6/h1-5,11,15H. The third-order valence-corrected chi connectivity index (χ3v) is 4.60.